The molecule has 114 valence electrons. The summed E-state index contributed by atoms with van der Waals surface area (Å²) in [5.74, 6) is 0.702. The van der Waals surface area contributed by atoms with Gasteiger partial charge in [0.1, 0.15) is 0 Å². The highest BCUT2D eigenvalue weighted by Gasteiger charge is 2.18. The van der Waals surface area contributed by atoms with Gasteiger partial charge in [0.25, 0.3) is 0 Å². The number of unbranched alkanes of at least 4 members (excludes halogenated alkanes) is 1. The number of rotatable bonds is 8. The lowest BCUT2D eigenvalue weighted by atomic mass is 9.81. The van der Waals surface area contributed by atoms with Gasteiger partial charge in [-0.25, -0.2) is 0 Å². The number of hydrogen-bond donors (Lipinski definition) is 2. The summed E-state index contributed by atoms with van der Waals surface area (Å²) in [5, 5.41) is 12.6. The monoisotopic (exact) mass is 270 g/mol. The fraction of sp³-hybridized carbons (Fsp3) is 1.00. The van der Waals surface area contributed by atoms with Crippen LogP contribution in [-0.4, -0.2) is 49.3 Å². The highest BCUT2D eigenvalue weighted by molar-refractivity contribution is 4.71. The number of nitrogens with one attached hydrogen (secondary N) is 1. The van der Waals surface area contributed by atoms with Crippen molar-refractivity contribution in [1.29, 1.82) is 0 Å². The molecule has 0 amide bonds. The first-order valence-corrected chi connectivity index (χ1v) is 8.05. The van der Waals surface area contributed by atoms with Gasteiger partial charge in [-0.3, -0.25) is 0 Å². The summed E-state index contributed by atoms with van der Waals surface area (Å²) in [5.41, 5.74) is 0.387. The Hall–Kier alpha value is -0.120. The topological polar surface area (TPSA) is 35.5 Å². The zero-order chi connectivity index (χ0) is 14.1. The van der Waals surface area contributed by atoms with Crippen LogP contribution >= 0.6 is 0 Å². The molecule has 0 radical (unpaired) electrons. The summed E-state index contributed by atoms with van der Waals surface area (Å²) >= 11 is 0. The predicted octanol–water partition coefficient (Wildman–Crippen LogP) is 2.50. The highest BCUT2D eigenvalue weighted by atomic mass is 16.3. The lowest BCUT2D eigenvalue weighted by Crippen LogP contribution is -2.43. The van der Waals surface area contributed by atoms with Crippen LogP contribution < -0.4 is 5.32 Å². The third-order valence-corrected chi connectivity index (χ3v) is 3.98. The molecule has 0 aromatic carbocycles. The number of aliphatic hydroxyl groups is 1. The van der Waals surface area contributed by atoms with Crippen molar-refractivity contribution in [3.05, 3.63) is 0 Å². The quantitative estimate of drug-likeness (QED) is 0.665. The predicted molar refractivity (Wildman–Crippen MR) is 82.4 cm³/mol. The second-order valence-electron chi connectivity index (χ2n) is 7.23. The van der Waals surface area contributed by atoms with Crippen LogP contribution in [0.25, 0.3) is 0 Å². The normalized spacial score (nSPS) is 19.6. The van der Waals surface area contributed by atoms with E-state index in [0.29, 0.717) is 17.9 Å². The Labute approximate surface area is 119 Å². The molecule has 0 aromatic rings. The molecule has 0 bridgehead atoms. The molecule has 1 fully saturated rings. The standard InChI is InChI=1S/C16H34N2O/c1-16(2,3)14-15(7-13-19)6-4-5-10-18-11-8-17-9-12-18/h15,17,19H,4-14H2,1-3H3/t15-/m0/s1. The van der Waals surface area contributed by atoms with Gasteiger partial charge in [-0.1, -0.05) is 33.6 Å². The lowest BCUT2D eigenvalue weighted by molar-refractivity contribution is 0.200. The third kappa shape index (κ3) is 8.61. The van der Waals surface area contributed by atoms with Crippen molar-refractivity contribution in [2.45, 2.75) is 52.9 Å². The SMILES string of the molecule is CC(C)(C)C[C@H](CCO)CCCCN1CCNCC1. The maximum atomic E-state index is 9.18. The summed E-state index contributed by atoms with van der Waals surface area (Å²) in [4.78, 5) is 2.57. The maximum Gasteiger partial charge on any atom is 0.0433 e. The van der Waals surface area contributed by atoms with Crippen molar-refractivity contribution in [3.8, 4) is 0 Å². The minimum absolute atomic E-state index is 0.346. The molecule has 1 rings (SSSR count). The second kappa shape index (κ2) is 8.93. The molecule has 3 nitrogen and oxygen atoms in total. The van der Waals surface area contributed by atoms with Crippen LogP contribution in [0.5, 0.6) is 0 Å². The van der Waals surface area contributed by atoms with E-state index in [1.165, 1.54) is 45.3 Å². The van der Waals surface area contributed by atoms with Crippen LogP contribution in [0, 0.1) is 11.3 Å². The number of aliphatic hydroxyl groups excluding tert-OH is 1. The Morgan fingerprint density at radius 3 is 2.37 bits per heavy atom. The third-order valence-electron chi connectivity index (χ3n) is 3.98. The fourth-order valence-corrected chi connectivity index (χ4v) is 3.10. The molecule has 19 heavy (non-hydrogen) atoms. The first-order valence-electron chi connectivity index (χ1n) is 8.05. The van der Waals surface area contributed by atoms with E-state index in [0.717, 1.165) is 19.5 Å². The van der Waals surface area contributed by atoms with Crippen LogP contribution in [-0.2, 0) is 0 Å². The van der Waals surface area contributed by atoms with Gasteiger partial charge in [-0.2, -0.15) is 0 Å². The number of hydrogen-bond acceptors (Lipinski definition) is 3. The lowest BCUT2D eigenvalue weighted by Gasteiger charge is -2.28. The molecule has 2 N–H and O–H groups in total. The Bertz CT molecular complexity index is 219. The van der Waals surface area contributed by atoms with Gasteiger partial charge in [0.15, 0.2) is 0 Å². The van der Waals surface area contributed by atoms with Gasteiger partial charge in [-0.15, -0.1) is 0 Å². The summed E-state index contributed by atoms with van der Waals surface area (Å²) in [6.45, 7) is 13.2. The molecule has 1 aliphatic rings. The van der Waals surface area contributed by atoms with Gasteiger partial charge in [0.2, 0.25) is 0 Å². The number of piperazine rings is 1. The molecule has 0 saturated carbocycles. The van der Waals surface area contributed by atoms with Crippen molar-refractivity contribution < 1.29 is 5.11 Å². The van der Waals surface area contributed by atoms with E-state index in [-0.39, 0.29) is 0 Å². The molecule has 1 saturated heterocycles. The molecule has 0 unspecified atom stereocenters. The fourth-order valence-electron chi connectivity index (χ4n) is 3.10. The van der Waals surface area contributed by atoms with Gasteiger partial charge >= 0.3 is 0 Å². The average Bonchev–Trinajstić information content (AvgIpc) is 2.34. The van der Waals surface area contributed by atoms with Crippen molar-refractivity contribution in [2.75, 3.05) is 39.3 Å². The van der Waals surface area contributed by atoms with Crippen LogP contribution in [0.2, 0.25) is 0 Å². The second-order valence-corrected chi connectivity index (χ2v) is 7.23. The smallest absolute Gasteiger partial charge is 0.0433 e. The molecule has 0 aromatic heterocycles. The molecule has 0 spiro atoms. The zero-order valence-electron chi connectivity index (χ0n) is 13.2. The van der Waals surface area contributed by atoms with Crippen LogP contribution in [0.3, 0.4) is 0 Å². The van der Waals surface area contributed by atoms with Gasteiger partial charge in [0.05, 0.1) is 0 Å². The van der Waals surface area contributed by atoms with E-state index < -0.39 is 0 Å². The minimum atomic E-state index is 0.346. The molecule has 0 aliphatic carbocycles. The summed E-state index contributed by atoms with van der Waals surface area (Å²) in [6.07, 6.45) is 6.12. The Morgan fingerprint density at radius 1 is 1.11 bits per heavy atom. The molecule has 1 aliphatic heterocycles. The van der Waals surface area contributed by atoms with Gasteiger partial charge in [-0.05, 0) is 37.1 Å². The van der Waals surface area contributed by atoms with E-state index in [9.17, 15) is 5.11 Å². The summed E-state index contributed by atoms with van der Waals surface area (Å²) < 4.78 is 0. The van der Waals surface area contributed by atoms with Crippen molar-refractivity contribution in [1.82, 2.24) is 10.2 Å². The highest BCUT2D eigenvalue weighted by Crippen LogP contribution is 2.29. The Kier molecular flexibility index (Phi) is 7.96. The van der Waals surface area contributed by atoms with Crippen LogP contribution in [0.4, 0.5) is 0 Å². The van der Waals surface area contributed by atoms with Crippen molar-refractivity contribution in [2.24, 2.45) is 11.3 Å². The number of nitrogens with zero attached hydrogens (tertiary/aromatic N) is 1. The summed E-state index contributed by atoms with van der Waals surface area (Å²) in [6, 6.07) is 0. The van der Waals surface area contributed by atoms with E-state index >= 15 is 0 Å². The van der Waals surface area contributed by atoms with E-state index in [1.54, 1.807) is 0 Å². The van der Waals surface area contributed by atoms with Crippen molar-refractivity contribution >= 4 is 0 Å². The Balaban J connectivity index is 2.13. The van der Waals surface area contributed by atoms with Crippen LogP contribution in [0.15, 0.2) is 0 Å². The molecular formula is C16H34N2O. The average molecular weight is 270 g/mol. The van der Waals surface area contributed by atoms with E-state index in [1.807, 2.05) is 0 Å². The zero-order valence-corrected chi connectivity index (χ0v) is 13.2. The molecule has 1 atom stereocenters. The largest absolute Gasteiger partial charge is 0.396 e. The van der Waals surface area contributed by atoms with E-state index in [4.69, 9.17) is 0 Å². The first-order chi connectivity index (χ1) is 9.01. The summed E-state index contributed by atoms with van der Waals surface area (Å²) in [7, 11) is 0. The minimum Gasteiger partial charge on any atom is -0.396 e. The Morgan fingerprint density at radius 2 is 1.79 bits per heavy atom. The maximum absolute atomic E-state index is 9.18. The molecule has 3 heteroatoms. The van der Waals surface area contributed by atoms with Gasteiger partial charge < -0.3 is 15.3 Å². The van der Waals surface area contributed by atoms with Gasteiger partial charge in [0, 0.05) is 32.8 Å². The first kappa shape index (κ1) is 16.9. The van der Waals surface area contributed by atoms with Crippen molar-refractivity contribution in [3.63, 3.8) is 0 Å². The molecule has 1 heterocycles. The van der Waals surface area contributed by atoms with Crippen LogP contribution in [0.1, 0.15) is 52.9 Å². The van der Waals surface area contributed by atoms with E-state index in [2.05, 4.69) is 31.0 Å². The molecular weight excluding hydrogens is 236 g/mol.